The Labute approximate surface area is 154 Å². The van der Waals surface area contributed by atoms with Gasteiger partial charge < -0.3 is 9.30 Å². The van der Waals surface area contributed by atoms with Gasteiger partial charge in [0.15, 0.2) is 0 Å². The zero-order valence-electron chi connectivity index (χ0n) is 15.3. The van der Waals surface area contributed by atoms with E-state index in [9.17, 15) is 9.59 Å². The molecule has 1 aromatic carbocycles. The molecule has 6 heteroatoms. The van der Waals surface area contributed by atoms with Crippen LogP contribution in [0.3, 0.4) is 0 Å². The molecular formula is C20H25N3O3. The summed E-state index contributed by atoms with van der Waals surface area (Å²) in [5.41, 5.74) is 2.37. The summed E-state index contributed by atoms with van der Waals surface area (Å²) < 4.78 is 7.04. The number of rotatable bonds is 10. The van der Waals surface area contributed by atoms with Crippen LogP contribution in [0.2, 0.25) is 0 Å². The molecule has 1 aromatic heterocycles. The molecule has 0 fully saturated rings. The second kappa shape index (κ2) is 10.3. The highest BCUT2D eigenvalue weighted by Gasteiger charge is 2.06. The second-order valence-electron chi connectivity index (χ2n) is 6.24. The number of carbonyl (C=O) groups excluding carboxylic acids is 2. The van der Waals surface area contributed by atoms with Gasteiger partial charge in [0.2, 0.25) is 0 Å². The molecule has 0 saturated carbocycles. The van der Waals surface area contributed by atoms with Crippen LogP contribution < -0.4 is 0 Å². The molecule has 2 rings (SSSR count). The minimum atomic E-state index is -0.461. The number of aromatic nitrogens is 2. The second-order valence-corrected chi connectivity index (χ2v) is 6.24. The molecule has 0 aliphatic heterocycles. The van der Waals surface area contributed by atoms with Gasteiger partial charge in [-0.1, -0.05) is 36.4 Å². The quantitative estimate of drug-likeness (QED) is 0.484. The summed E-state index contributed by atoms with van der Waals surface area (Å²) >= 11 is 0. The molecule has 6 nitrogen and oxygen atoms in total. The Morgan fingerprint density at radius 1 is 1.27 bits per heavy atom. The van der Waals surface area contributed by atoms with Crippen molar-refractivity contribution in [1.29, 1.82) is 0 Å². The average Bonchev–Trinajstić information content (AvgIpc) is 3.09. The number of ether oxygens (including phenoxy) is 1. The SMILES string of the molecule is CC(=O)CC(=O)OCCN(C)C/C=C/c1ccc(Cn2ccnc2)cc1. The fourth-order valence-electron chi connectivity index (χ4n) is 2.35. The van der Waals surface area contributed by atoms with Gasteiger partial charge in [0.1, 0.15) is 18.8 Å². The van der Waals surface area contributed by atoms with Crippen LogP contribution in [0.25, 0.3) is 6.08 Å². The van der Waals surface area contributed by atoms with Crippen LogP contribution in [0, 0.1) is 0 Å². The molecule has 2 aromatic rings. The fraction of sp³-hybridized carbons (Fsp3) is 0.350. The van der Waals surface area contributed by atoms with Gasteiger partial charge in [-0.15, -0.1) is 0 Å². The van der Waals surface area contributed by atoms with E-state index in [-0.39, 0.29) is 12.2 Å². The van der Waals surface area contributed by atoms with Gasteiger partial charge in [-0.05, 0) is 25.1 Å². The number of carbonyl (C=O) groups is 2. The largest absolute Gasteiger partial charge is 0.464 e. The lowest BCUT2D eigenvalue weighted by Crippen LogP contribution is -2.24. The topological polar surface area (TPSA) is 64.4 Å². The number of Topliss-reactive ketones (excluding diaryl/α,β-unsaturated/α-hetero) is 1. The van der Waals surface area contributed by atoms with E-state index in [4.69, 9.17) is 4.74 Å². The number of ketones is 1. The Balaban J connectivity index is 1.68. The van der Waals surface area contributed by atoms with Crippen LogP contribution in [0.4, 0.5) is 0 Å². The normalized spacial score (nSPS) is 11.2. The molecule has 138 valence electrons. The van der Waals surface area contributed by atoms with E-state index in [0.717, 1.165) is 18.7 Å². The highest BCUT2D eigenvalue weighted by molar-refractivity contribution is 5.94. The van der Waals surface area contributed by atoms with E-state index in [1.165, 1.54) is 12.5 Å². The maximum Gasteiger partial charge on any atom is 0.313 e. The third-order valence-electron chi connectivity index (χ3n) is 3.76. The standard InChI is InChI=1S/C20H25N3O3/c1-17(24)14-20(25)26-13-12-22(2)10-3-4-18-5-7-19(8-6-18)15-23-11-9-21-16-23/h3-9,11,16H,10,12-15H2,1-2H3/b4-3+. The van der Waals surface area contributed by atoms with Gasteiger partial charge in [-0.25, -0.2) is 4.98 Å². The first-order chi connectivity index (χ1) is 12.5. The van der Waals surface area contributed by atoms with E-state index in [1.54, 1.807) is 12.5 Å². The minimum Gasteiger partial charge on any atom is -0.464 e. The summed E-state index contributed by atoms with van der Waals surface area (Å²) in [6, 6.07) is 8.40. The molecule has 0 amide bonds. The molecule has 0 N–H and O–H groups in total. The molecule has 0 saturated heterocycles. The molecular weight excluding hydrogens is 330 g/mol. The summed E-state index contributed by atoms with van der Waals surface area (Å²) in [6.45, 7) is 3.86. The van der Waals surface area contributed by atoms with E-state index in [1.807, 2.05) is 22.7 Å². The van der Waals surface area contributed by atoms with Crippen LogP contribution in [0.15, 0.2) is 49.1 Å². The van der Waals surface area contributed by atoms with Crippen molar-refractivity contribution in [2.45, 2.75) is 19.9 Å². The van der Waals surface area contributed by atoms with Gasteiger partial charge in [0.25, 0.3) is 0 Å². The van der Waals surface area contributed by atoms with E-state index >= 15 is 0 Å². The Bertz CT molecular complexity index is 721. The maximum absolute atomic E-state index is 11.3. The number of nitrogens with zero attached hydrogens (tertiary/aromatic N) is 3. The molecule has 0 spiro atoms. The van der Waals surface area contributed by atoms with E-state index < -0.39 is 5.97 Å². The first kappa shape index (κ1) is 19.6. The lowest BCUT2D eigenvalue weighted by molar-refractivity contribution is -0.145. The third-order valence-corrected chi connectivity index (χ3v) is 3.76. The summed E-state index contributed by atoms with van der Waals surface area (Å²) in [7, 11) is 1.96. The molecule has 1 heterocycles. The van der Waals surface area contributed by atoms with Crippen molar-refractivity contribution in [2.24, 2.45) is 0 Å². The number of esters is 1. The van der Waals surface area contributed by atoms with Crippen molar-refractivity contribution >= 4 is 17.8 Å². The lowest BCUT2D eigenvalue weighted by Gasteiger charge is -2.14. The minimum absolute atomic E-state index is 0.152. The summed E-state index contributed by atoms with van der Waals surface area (Å²) in [4.78, 5) is 28.2. The van der Waals surface area contributed by atoms with Crippen molar-refractivity contribution in [2.75, 3.05) is 26.7 Å². The summed E-state index contributed by atoms with van der Waals surface area (Å²) in [6.07, 6.45) is 9.52. The van der Waals surface area contributed by atoms with E-state index in [2.05, 4.69) is 41.4 Å². The van der Waals surface area contributed by atoms with Crippen molar-refractivity contribution in [1.82, 2.24) is 14.5 Å². The zero-order valence-corrected chi connectivity index (χ0v) is 15.3. The average molecular weight is 355 g/mol. The maximum atomic E-state index is 11.3. The van der Waals surface area contributed by atoms with Crippen molar-refractivity contribution in [3.63, 3.8) is 0 Å². The van der Waals surface area contributed by atoms with Crippen LogP contribution in [0.1, 0.15) is 24.5 Å². The first-order valence-corrected chi connectivity index (χ1v) is 8.58. The predicted octanol–water partition coefficient (Wildman–Crippen LogP) is 2.40. The van der Waals surface area contributed by atoms with Gasteiger partial charge in [-0.3, -0.25) is 14.5 Å². The molecule has 0 atom stereocenters. The van der Waals surface area contributed by atoms with Crippen LogP contribution in [-0.2, 0) is 20.9 Å². The van der Waals surface area contributed by atoms with Crippen molar-refractivity contribution < 1.29 is 14.3 Å². The highest BCUT2D eigenvalue weighted by Crippen LogP contribution is 2.08. The lowest BCUT2D eigenvalue weighted by atomic mass is 10.1. The smallest absolute Gasteiger partial charge is 0.313 e. The number of hydrogen-bond acceptors (Lipinski definition) is 5. The molecule has 0 aliphatic rings. The van der Waals surface area contributed by atoms with Crippen molar-refractivity contribution in [3.05, 3.63) is 60.2 Å². The Morgan fingerprint density at radius 2 is 2.04 bits per heavy atom. The molecule has 0 bridgehead atoms. The van der Waals surface area contributed by atoms with Crippen LogP contribution >= 0.6 is 0 Å². The molecule has 0 radical (unpaired) electrons. The van der Waals surface area contributed by atoms with Crippen molar-refractivity contribution in [3.8, 4) is 0 Å². The molecule has 0 aliphatic carbocycles. The van der Waals surface area contributed by atoms with Gasteiger partial charge in [0.05, 0.1) is 6.33 Å². The number of benzene rings is 1. The summed E-state index contributed by atoms with van der Waals surface area (Å²) in [5.74, 6) is -0.639. The Hall–Kier alpha value is -2.73. The van der Waals surface area contributed by atoms with Gasteiger partial charge in [0, 0.05) is 32.0 Å². The summed E-state index contributed by atoms with van der Waals surface area (Å²) in [5, 5.41) is 0. The third kappa shape index (κ3) is 7.44. The number of likely N-dealkylation sites (N-methyl/N-ethyl adjacent to an activating group) is 1. The highest BCUT2D eigenvalue weighted by atomic mass is 16.5. The van der Waals surface area contributed by atoms with Gasteiger partial charge >= 0.3 is 5.97 Å². The first-order valence-electron chi connectivity index (χ1n) is 8.58. The Morgan fingerprint density at radius 3 is 2.69 bits per heavy atom. The molecule has 0 unspecified atom stereocenters. The number of imidazole rings is 1. The van der Waals surface area contributed by atoms with Gasteiger partial charge in [-0.2, -0.15) is 0 Å². The zero-order chi connectivity index (χ0) is 18.8. The predicted molar refractivity (Wildman–Crippen MR) is 101 cm³/mol. The van der Waals surface area contributed by atoms with Crippen LogP contribution in [0.5, 0.6) is 0 Å². The monoisotopic (exact) mass is 355 g/mol. The van der Waals surface area contributed by atoms with Crippen LogP contribution in [-0.4, -0.2) is 52.9 Å². The Kier molecular flexibility index (Phi) is 7.76. The number of hydrogen-bond donors (Lipinski definition) is 0. The fourth-order valence-corrected chi connectivity index (χ4v) is 2.35. The molecule has 26 heavy (non-hydrogen) atoms. The van der Waals surface area contributed by atoms with E-state index in [0.29, 0.717) is 13.2 Å².